The molecule has 39 heavy (non-hydrogen) atoms. The van der Waals surface area contributed by atoms with E-state index in [1.807, 2.05) is 101 Å². The minimum Gasteiger partial charge on any atom is -0.489 e. The van der Waals surface area contributed by atoms with E-state index in [0.717, 1.165) is 45.0 Å². The fraction of sp³-hybridized carbons (Fsp3) is 0.312. The van der Waals surface area contributed by atoms with Crippen LogP contribution in [0.4, 0.5) is 0 Å². The first-order chi connectivity index (χ1) is 18.6. The first-order valence-corrected chi connectivity index (χ1v) is 13.3. The highest BCUT2D eigenvalue weighted by Gasteiger charge is 2.17. The summed E-state index contributed by atoms with van der Waals surface area (Å²) >= 11 is 6.11. The maximum Gasteiger partial charge on any atom is 0.332 e. The van der Waals surface area contributed by atoms with Crippen LogP contribution in [0.25, 0.3) is 11.3 Å². The normalized spacial score (nSPS) is 11.4. The van der Waals surface area contributed by atoms with Crippen molar-refractivity contribution in [1.82, 2.24) is 4.98 Å². The Balaban J connectivity index is 1.36. The molecule has 0 N–H and O–H groups in total. The van der Waals surface area contributed by atoms with E-state index in [1.165, 1.54) is 0 Å². The molecular formula is C32H34ClNO5. The van der Waals surface area contributed by atoms with Crippen molar-refractivity contribution >= 4 is 17.6 Å². The van der Waals surface area contributed by atoms with Crippen molar-refractivity contribution < 1.29 is 23.4 Å². The topological polar surface area (TPSA) is 70.8 Å². The van der Waals surface area contributed by atoms with Crippen LogP contribution < -0.4 is 4.74 Å². The molecule has 7 heteroatoms. The van der Waals surface area contributed by atoms with Crippen LogP contribution in [0.1, 0.15) is 54.7 Å². The highest BCUT2D eigenvalue weighted by Crippen LogP contribution is 2.27. The van der Waals surface area contributed by atoms with Crippen molar-refractivity contribution in [3.8, 4) is 17.0 Å². The molecule has 0 atom stereocenters. The van der Waals surface area contributed by atoms with Gasteiger partial charge in [0.15, 0.2) is 5.89 Å². The molecule has 0 unspecified atom stereocenters. The van der Waals surface area contributed by atoms with Gasteiger partial charge in [0.05, 0.1) is 6.61 Å². The summed E-state index contributed by atoms with van der Waals surface area (Å²) in [4.78, 5) is 16.7. The van der Waals surface area contributed by atoms with Gasteiger partial charge in [-0.15, -0.1) is 0 Å². The number of nitrogens with zero attached hydrogens (tertiary/aromatic N) is 1. The molecule has 0 saturated heterocycles. The minimum atomic E-state index is -0.538. The Kier molecular flexibility index (Phi) is 9.10. The Hall–Kier alpha value is -3.61. The molecule has 0 aliphatic carbocycles. The van der Waals surface area contributed by atoms with Crippen LogP contribution in [0.3, 0.4) is 0 Å². The molecule has 1 aromatic heterocycles. The molecule has 0 aliphatic heterocycles. The number of rotatable bonds is 10. The Morgan fingerprint density at radius 3 is 2.44 bits per heavy atom. The second kappa shape index (κ2) is 12.5. The average Bonchev–Trinajstić information content (AvgIpc) is 3.22. The monoisotopic (exact) mass is 547 g/mol. The second-order valence-corrected chi connectivity index (χ2v) is 10.9. The molecule has 0 saturated carbocycles. The summed E-state index contributed by atoms with van der Waals surface area (Å²) in [5, 5.41) is 0.692. The Morgan fingerprint density at radius 1 is 0.949 bits per heavy atom. The number of oxazole rings is 1. The summed E-state index contributed by atoms with van der Waals surface area (Å²) < 4.78 is 23.0. The molecule has 0 aliphatic rings. The van der Waals surface area contributed by atoms with E-state index in [2.05, 4.69) is 0 Å². The van der Waals surface area contributed by atoms with Gasteiger partial charge in [-0.25, -0.2) is 9.78 Å². The second-order valence-electron chi connectivity index (χ2n) is 10.5. The van der Waals surface area contributed by atoms with E-state index in [9.17, 15) is 4.79 Å². The van der Waals surface area contributed by atoms with Gasteiger partial charge < -0.3 is 18.6 Å². The van der Waals surface area contributed by atoms with E-state index in [4.69, 9.17) is 35.2 Å². The third-order valence-electron chi connectivity index (χ3n) is 5.87. The highest BCUT2D eigenvalue weighted by atomic mass is 35.5. The first-order valence-electron chi connectivity index (χ1n) is 12.9. The summed E-state index contributed by atoms with van der Waals surface area (Å²) in [6.07, 6.45) is 0.572. The zero-order valence-corrected chi connectivity index (χ0v) is 23.8. The lowest BCUT2D eigenvalue weighted by molar-refractivity contribution is -0.160. The van der Waals surface area contributed by atoms with Gasteiger partial charge in [0.1, 0.15) is 36.0 Å². The van der Waals surface area contributed by atoms with Gasteiger partial charge in [-0.1, -0.05) is 47.5 Å². The van der Waals surface area contributed by atoms with Crippen LogP contribution in [0.5, 0.6) is 5.75 Å². The van der Waals surface area contributed by atoms with Crippen LogP contribution in [-0.4, -0.2) is 23.2 Å². The van der Waals surface area contributed by atoms with Gasteiger partial charge in [0, 0.05) is 17.0 Å². The molecule has 1 heterocycles. The Morgan fingerprint density at radius 2 is 1.72 bits per heavy atom. The number of hydrogen-bond donors (Lipinski definition) is 0. The van der Waals surface area contributed by atoms with Gasteiger partial charge in [-0.2, -0.15) is 0 Å². The number of aromatic nitrogens is 1. The Labute approximate surface area is 234 Å². The molecule has 0 spiro atoms. The predicted octanol–water partition coefficient (Wildman–Crippen LogP) is 7.64. The maximum atomic E-state index is 12.0. The standard InChI is InChI=1S/C32H34ClNO5/c1-21-9-10-25(26(15-21)18-36-20-30(35)39-32(3,4)5)19-37-28-13-11-24(12-14-28)31-22(2)38-29(34-31)17-23-7-6-8-27(33)16-23/h6-16H,17-20H2,1-5H3. The summed E-state index contributed by atoms with van der Waals surface area (Å²) in [5.41, 5.74) is 5.34. The largest absolute Gasteiger partial charge is 0.489 e. The average molecular weight is 548 g/mol. The molecule has 204 valence electrons. The SMILES string of the molecule is Cc1ccc(COc2ccc(-c3nc(Cc4cccc(Cl)c4)oc3C)cc2)c(COCC(=O)OC(C)(C)C)c1. The van der Waals surface area contributed by atoms with Crippen LogP contribution in [-0.2, 0) is 33.9 Å². The number of carbonyl (C=O) groups excluding carboxylic acids is 1. The fourth-order valence-corrected chi connectivity index (χ4v) is 4.34. The number of hydrogen-bond acceptors (Lipinski definition) is 6. The van der Waals surface area contributed by atoms with Crippen molar-refractivity contribution in [1.29, 1.82) is 0 Å². The summed E-state index contributed by atoms with van der Waals surface area (Å²) in [7, 11) is 0. The third kappa shape index (κ3) is 8.44. The van der Waals surface area contributed by atoms with E-state index < -0.39 is 5.60 Å². The third-order valence-corrected chi connectivity index (χ3v) is 6.10. The lowest BCUT2D eigenvalue weighted by Crippen LogP contribution is -2.26. The number of carbonyl (C=O) groups is 1. The van der Waals surface area contributed by atoms with Gasteiger partial charge in [-0.3, -0.25) is 0 Å². The molecule has 0 radical (unpaired) electrons. The highest BCUT2D eigenvalue weighted by molar-refractivity contribution is 6.30. The lowest BCUT2D eigenvalue weighted by Gasteiger charge is -2.19. The summed E-state index contributed by atoms with van der Waals surface area (Å²) in [5.74, 6) is 1.76. The van der Waals surface area contributed by atoms with Crippen molar-refractivity contribution in [2.75, 3.05) is 6.61 Å². The van der Waals surface area contributed by atoms with Crippen LogP contribution in [0.2, 0.25) is 5.02 Å². The quantitative estimate of drug-likeness (QED) is 0.190. The number of esters is 1. The van der Waals surface area contributed by atoms with Gasteiger partial charge in [0.25, 0.3) is 0 Å². The zero-order valence-electron chi connectivity index (χ0n) is 23.0. The van der Waals surface area contributed by atoms with Crippen molar-refractivity contribution in [2.45, 2.75) is 59.9 Å². The number of ether oxygens (including phenoxy) is 3. The molecule has 3 aromatic carbocycles. The summed E-state index contributed by atoms with van der Waals surface area (Å²) in [6, 6.07) is 21.6. The van der Waals surface area contributed by atoms with Crippen molar-refractivity contribution in [3.63, 3.8) is 0 Å². The molecule has 6 nitrogen and oxygen atoms in total. The number of benzene rings is 3. The molecule has 0 fully saturated rings. The maximum absolute atomic E-state index is 12.0. The molecule has 0 bridgehead atoms. The lowest BCUT2D eigenvalue weighted by atomic mass is 10.1. The van der Waals surface area contributed by atoms with E-state index in [0.29, 0.717) is 30.5 Å². The van der Waals surface area contributed by atoms with Crippen molar-refractivity contribution in [2.24, 2.45) is 0 Å². The van der Waals surface area contributed by atoms with Crippen molar-refractivity contribution in [3.05, 3.63) is 106 Å². The molecule has 4 rings (SSSR count). The smallest absolute Gasteiger partial charge is 0.332 e. The predicted molar refractivity (Wildman–Crippen MR) is 152 cm³/mol. The van der Waals surface area contributed by atoms with Crippen LogP contribution in [0.15, 0.2) is 71.1 Å². The first kappa shape index (κ1) is 28.4. The number of halogens is 1. The van der Waals surface area contributed by atoms with Crippen LogP contribution in [0, 0.1) is 13.8 Å². The fourth-order valence-electron chi connectivity index (χ4n) is 4.13. The summed E-state index contributed by atoms with van der Waals surface area (Å²) in [6.45, 7) is 10.0. The zero-order chi connectivity index (χ0) is 28.0. The van der Waals surface area contributed by atoms with E-state index >= 15 is 0 Å². The molecular weight excluding hydrogens is 514 g/mol. The number of aryl methyl sites for hydroxylation is 2. The molecule has 0 amide bonds. The van der Waals surface area contributed by atoms with E-state index in [1.54, 1.807) is 0 Å². The molecule has 4 aromatic rings. The van der Waals surface area contributed by atoms with Gasteiger partial charge in [0.2, 0.25) is 0 Å². The Bertz CT molecular complexity index is 1420. The minimum absolute atomic E-state index is 0.102. The van der Waals surface area contributed by atoms with Crippen LogP contribution >= 0.6 is 11.6 Å². The van der Waals surface area contributed by atoms with Gasteiger partial charge in [-0.05, 0) is 87.7 Å². The van der Waals surface area contributed by atoms with E-state index in [-0.39, 0.29) is 12.6 Å². The van der Waals surface area contributed by atoms with Gasteiger partial charge >= 0.3 is 5.97 Å².